The van der Waals surface area contributed by atoms with Gasteiger partial charge in [0.2, 0.25) is 0 Å². The van der Waals surface area contributed by atoms with Crippen molar-refractivity contribution in [2.45, 2.75) is 19.4 Å². The average Bonchev–Trinajstić information content (AvgIpc) is 3.04. The van der Waals surface area contributed by atoms with Gasteiger partial charge in [-0.25, -0.2) is 4.79 Å². The van der Waals surface area contributed by atoms with Gasteiger partial charge in [-0.05, 0) is 36.1 Å². The molecule has 1 atom stereocenters. The van der Waals surface area contributed by atoms with Crippen LogP contribution in [0.3, 0.4) is 0 Å². The first-order valence-corrected chi connectivity index (χ1v) is 8.56. The Morgan fingerprint density at radius 1 is 1.46 bits per heavy atom. The summed E-state index contributed by atoms with van der Waals surface area (Å²) in [5, 5.41) is 11.8. The summed E-state index contributed by atoms with van der Waals surface area (Å²) < 4.78 is 5.70. The first kappa shape index (κ1) is 16.5. The molecule has 7 heteroatoms. The Balaban J connectivity index is 2.12. The molecular formula is C17H14ClNO4S. The van der Waals surface area contributed by atoms with Gasteiger partial charge in [0.1, 0.15) is 6.04 Å². The normalized spacial score (nSPS) is 16.7. The molecule has 2 heterocycles. The third-order valence-corrected chi connectivity index (χ3v) is 4.68. The van der Waals surface area contributed by atoms with Crippen LogP contribution in [0.1, 0.15) is 18.2 Å². The number of ether oxygens (including phenoxy) is 1. The van der Waals surface area contributed by atoms with Gasteiger partial charge in [0.15, 0.2) is 11.5 Å². The Labute approximate surface area is 147 Å². The molecule has 0 spiro atoms. The summed E-state index contributed by atoms with van der Waals surface area (Å²) in [6.45, 7) is 1.72. The van der Waals surface area contributed by atoms with Gasteiger partial charge in [0.25, 0.3) is 5.91 Å². The highest BCUT2D eigenvalue weighted by Crippen LogP contribution is 2.39. The SMILES string of the molecule is CCC(C(=O)O)N1C(=O)/C(=C\c2cccs2)Oc2ccc(Cl)cc21. The number of rotatable bonds is 4. The lowest BCUT2D eigenvalue weighted by atomic mass is 10.1. The second-order valence-corrected chi connectivity index (χ2v) is 6.59. The molecule has 1 aliphatic rings. The maximum Gasteiger partial charge on any atom is 0.326 e. The van der Waals surface area contributed by atoms with Crippen molar-refractivity contribution in [2.75, 3.05) is 4.90 Å². The van der Waals surface area contributed by atoms with Crippen molar-refractivity contribution in [3.05, 3.63) is 51.4 Å². The summed E-state index contributed by atoms with van der Waals surface area (Å²) in [6.07, 6.45) is 1.88. The Hall–Kier alpha value is -2.31. The molecule has 1 unspecified atom stereocenters. The molecular weight excluding hydrogens is 350 g/mol. The zero-order chi connectivity index (χ0) is 17.3. The summed E-state index contributed by atoms with van der Waals surface area (Å²) in [4.78, 5) is 26.6. The molecule has 0 saturated heterocycles. The zero-order valence-corrected chi connectivity index (χ0v) is 14.3. The van der Waals surface area contributed by atoms with Crippen LogP contribution in [0.25, 0.3) is 6.08 Å². The molecule has 3 rings (SSSR count). The van der Waals surface area contributed by atoms with Gasteiger partial charge in [-0.1, -0.05) is 24.6 Å². The minimum absolute atomic E-state index is 0.0898. The van der Waals surface area contributed by atoms with E-state index < -0.39 is 17.9 Å². The Morgan fingerprint density at radius 3 is 2.88 bits per heavy atom. The standard InChI is InChI=1S/C17H14ClNO4S/c1-2-12(17(21)22)19-13-8-10(18)5-6-14(13)23-15(16(19)20)9-11-4-3-7-24-11/h3-9,12H,2H2,1H3,(H,21,22)/b15-9+. The Morgan fingerprint density at radius 2 is 2.25 bits per heavy atom. The predicted molar refractivity (Wildman–Crippen MR) is 93.6 cm³/mol. The molecule has 0 aliphatic carbocycles. The van der Waals surface area contributed by atoms with Gasteiger partial charge in [-0.3, -0.25) is 9.69 Å². The van der Waals surface area contributed by atoms with E-state index in [0.29, 0.717) is 16.5 Å². The topological polar surface area (TPSA) is 66.8 Å². The molecule has 1 aromatic heterocycles. The molecule has 24 heavy (non-hydrogen) atoms. The number of anilines is 1. The van der Waals surface area contributed by atoms with Crippen molar-refractivity contribution in [2.24, 2.45) is 0 Å². The van der Waals surface area contributed by atoms with Crippen LogP contribution in [0.5, 0.6) is 5.75 Å². The fraction of sp³-hybridized carbons (Fsp3) is 0.176. The van der Waals surface area contributed by atoms with Crippen LogP contribution in [-0.2, 0) is 9.59 Å². The molecule has 5 nitrogen and oxygen atoms in total. The van der Waals surface area contributed by atoms with Crippen LogP contribution in [0, 0.1) is 0 Å². The average molecular weight is 364 g/mol. The number of nitrogens with zero attached hydrogens (tertiary/aromatic N) is 1. The number of amides is 1. The number of aliphatic carboxylic acids is 1. The minimum Gasteiger partial charge on any atom is -0.480 e. The third kappa shape index (κ3) is 3.02. The third-order valence-electron chi connectivity index (χ3n) is 3.63. The number of thiophene rings is 1. The van der Waals surface area contributed by atoms with E-state index in [1.165, 1.54) is 16.2 Å². The number of halogens is 1. The van der Waals surface area contributed by atoms with Crippen LogP contribution < -0.4 is 9.64 Å². The summed E-state index contributed by atoms with van der Waals surface area (Å²) in [6, 6.07) is 7.53. The zero-order valence-electron chi connectivity index (χ0n) is 12.7. The van der Waals surface area contributed by atoms with Crippen molar-refractivity contribution in [3.63, 3.8) is 0 Å². The fourth-order valence-corrected chi connectivity index (χ4v) is 3.34. The molecule has 0 radical (unpaired) electrons. The van der Waals surface area contributed by atoms with Crippen molar-refractivity contribution in [3.8, 4) is 5.75 Å². The summed E-state index contributed by atoms with van der Waals surface area (Å²) in [5.41, 5.74) is 0.366. The second-order valence-electron chi connectivity index (χ2n) is 5.18. The maximum absolute atomic E-state index is 12.9. The molecule has 1 aromatic carbocycles. The van der Waals surface area contributed by atoms with E-state index in [4.69, 9.17) is 16.3 Å². The Bertz CT molecular complexity index is 816. The van der Waals surface area contributed by atoms with E-state index in [-0.39, 0.29) is 12.2 Å². The highest BCUT2D eigenvalue weighted by atomic mass is 35.5. The van der Waals surface area contributed by atoms with E-state index >= 15 is 0 Å². The van der Waals surface area contributed by atoms with Gasteiger partial charge in [-0.2, -0.15) is 0 Å². The number of carboxylic acid groups (broad SMARTS) is 1. The molecule has 1 aliphatic heterocycles. The quantitative estimate of drug-likeness (QED) is 0.833. The number of hydrogen-bond donors (Lipinski definition) is 1. The number of benzene rings is 1. The number of carbonyl (C=O) groups excluding carboxylic acids is 1. The van der Waals surface area contributed by atoms with E-state index in [1.807, 2.05) is 17.5 Å². The van der Waals surface area contributed by atoms with Crippen LogP contribution in [0.4, 0.5) is 5.69 Å². The molecule has 124 valence electrons. The largest absolute Gasteiger partial charge is 0.480 e. The lowest BCUT2D eigenvalue weighted by Gasteiger charge is -2.34. The van der Waals surface area contributed by atoms with E-state index in [2.05, 4.69) is 0 Å². The highest BCUT2D eigenvalue weighted by molar-refractivity contribution is 7.10. The smallest absolute Gasteiger partial charge is 0.326 e. The number of hydrogen-bond acceptors (Lipinski definition) is 4. The van der Waals surface area contributed by atoms with Crippen molar-refractivity contribution < 1.29 is 19.4 Å². The van der Waals surface area contributed by atoms with Crippen molar-refractivity contribution in [1.82, 2.24) is 0 Å². The molecule has 0 bridgehead atoms. The van der Waals surface area contributed by atoms with Gasteiger partial charge in [0, 0.05) is 16.0 Å². The number of carbonyl (C=O) groups is 2. The molecule has 1 amide bonds. The molecule has 0 saturated carbocycles. The van der Waals surface area contributed by atoms with Gasteiger partial charge in [-0.15, -0.1) is 11.3 Å². The number of fused-ring (bicyclic) bond motifs is 1. The molecule has 0 fully saturated rings. The van der Waals surface area contributed by atoms with E-state index in [1.54, 1.807) is 31.2 Å². The molecule has 1 N–H and O–H groups in total. The van der Waals surface area contributed by atoms with Crippen LogP contribution in [0.2, 0.25) is 5.02 Å². The summed E-state index contributed by atoms with van der Waals surface area (Å²) in [7, 11) is 0. The van der Waals surface area contributed by atoms with E-state index in [0.717, 1.165) is 4.88 Å². The molecule has 2 aromatic rings. The minimum atomic E-state index is -1.07. The van der Waals surface area contributed by atoms with Gasteiger partial charge < -0.3 is 9.84 Å². The van der Waals surface area contributed by atoms with Crippen LogP contribution in [-0.4, -0.2) is 23.0 Å². The van der Waals surface area contributed by atoms with Crippen molar-refractivity contribution in [1.29, 1.82) is 0 Å². The lowest BCUT2D eigenvalue weighted by molar-refractivity contribution is -0.140. The van der Waals surface area contributed by atoms with Crippen LogP contribution in [0.15, 0.2) is 41.5 Å². The maximum atomic E-state index is 12.9. The van der Waals surface area contributed by atoms with Gasteiger partial charge >= 0.3 is 5.97 Å². The Kier molecular flexibility index (Phi) is 4.59. The predicted octanol–water partition coefficient (Wildman–Crippen LogP) is 4.03. The van der Waals surface area contributed by atoms with Crippen molar-refractivity contribution >= 4 is 46.6 Å². The first-order chi connectivity index (χ1) is 11.5. The number of carboxylic acids is 1. The monoisotopic (exact) mass is 363 g/mol. The van der Waals surface area contributed by atoms with Crippen LogP contribution >= 0.6 is 22.9 Å². The summed E-state index contributed by atoms with van der Waals surface area (Å²) >= 11 is 7.47. The lowest BCUT2D eigenvalue weighted by Crippen LogP contribution is -2.48. The fourth-order valence-electron chi connectivity index (χ4n) is 2.53. The highest BCUT2D eigenvalue weighted by Gasteiger charge is 2.38. The summed E-state index contributed by atoms with van der Waals surface area (Å²) in [5.74, 6) is -1.07. The van der Waals surface area contributed by atoms with Gasteiger partial charge in [0.05, 0.1) is 5.69 Å². The first-order valence-electron chi connectivity index (χ1n) is 7.30. The van der Waals surface area contributed by atoms with E-state index in [9.17, 15) is 14.7 Å². The second kappa shape index (κ2) is 6.67.